The van der Waals surface area contributed by atoms with Crippen molar-refractivity contribution in [3.05, 3.63) is 18.0 Å². The summed E-state index contributed by atoms with van der Waals surface area (Å²) >= 11 is 0. The predicted octanol–water partition coefficient (Wildman–Crippen LogP) is 0.389. The zero-order valence-corrected chi connectivity index (χ0v) is 8.61. The molecule has 0 aliphatic heterocycles. The number of nitrogens with one attached hydrogen (secondary N) is 1. The molecule has 1 fully saturated rings. The van der Waals surface area contributed by atoms with Gasteiger partial charge in [0.05, 0.1) is 6.20 Å². The van der Waals surface area contributed by atoms with E-state index < -0.39 is 0 Å². The number of aryl methyl sites for hydroxylation is 1. The standard InChI is InChI=1S/C10H18N4/c1-14-7-8(6-13-14)5-12-10-3-2-9(11)4-10/h6-7,9-10,12H,2-5,11H2,1H3. The Bertz CT molecular complexity index is 294. The molecule has 2 rings (SSSR count). The van der Waals surface area contributed by atoms with E-state index in [4.69, 9.17) is 5.73 Å². The molecule has 1 aromatic rings. The second kappa shape index (κ2) is 4.11. The van der Waals surface area contributed by atoms with Crippen LogP contribution in [0.5, 0.6) is 0 Å². The van der Waals surface area contributed by atoms with Crippen LogP contribution in [0.2, 0.25) is 0 Å². The molecule has 0 aromatic carbocycles. The molecule has 2 unspecified atom stereocenters. The molecule has 0 amide bonds. The normalized spacial score (nSPS) is 27.0. The second-order valence-corrected chi connectivity index (χ2v) is 4.17. The highest BCUT2D eigenvalue weighted by Gasteiger charge is 2.20. The molecule has 1 aliphatic rings. The molecule has 1 aromatic heterocycles. The summed E-state index contributed by atoms with van der Waals surface area (Å²) < 4.78 is 1.83. The Morgan fingerprint density at radius 3 is 3.07 bits per heavy atom. The van der Waals surface area contributed by atoms with E-state index in [1.54, 1.807) is 0 Å². The maximum Gasteiger partial charge on any atom is 0.0534 e. The second-order valence-electron chi connectivity index (χ2n) is 4.17. The summed E-state index contributed by atoms with van der Waals surface area (Å²) in [4.78, 5) is 0. The number of nitrogens with two attached hydrogens (primary N) is 1. The SMILES string of the molecule is Cn1cc(CNC2CCC(N)C2)cn1. The van der Waals surface area contributed by atoms with E-state index in [0.29, 0.717) is 12.1 Å². The van der Waals surface area contributed by atoms with E-state index in [-0.39, 0.29) is 0 Å². The number of nitrogens with zero attached hydrogens (tertiary/aromatic N) is 2. The largest absolute Gasteiger partial charge is 0.328 e. The Balaban J connectivity index is 1.77. The maximum absolute atomic E-state index is 5.84. The van der Waals surface area contributed by atoms with E-state index >= 15 is 0 Å². The van der Waals surface area contributed by atoms with Crippen LogP contribution in [0.4, 0.5) is 0 Å². The van der Waals surface area contributed by atoms with Crippen molar-refractivity contribution in [3.8, 4) is 0 Å². The molecule has 78 valence electrons. The van der Waals surface area contributed by atoms with Crippen LogP contribution in [0.1, 0.15) is 24.8 Å². The zero-order valence-electron chi connectivity index (χ0n) is 8.61. The number of rotatable bonds is 3. The fraction of sp³-hybridized carbons (Fsp3) is 0.700. The third kappa shape index (κ3) is 2.33. The molecule has 14 heavy (non-hydrogen) atoms. The van der Waals surface area contributed by atoms with Crippen molar-refractivity contribution in [1.29, 1.82) is 0 Å². The van der Waals surface area contributed by atoms with Crippen LogP contribution >= 0.6 is 0 Å². The fourth-order valence-electron chi connectivity index (χ4n) is 2.03. The number of hydrogen-bond acceptors (Lipinski definition) is 3. The summed E-state index contributed by atoms with van der Waals surface area (Å²) in [6.45, 7) is 0.908. The summed E-state index contributed by atoms with van der Waals surface area (Å²) in [6.07, 6.45) is 7.43. The van der Waals surface area contributed by atoms with Crippen molar-refractivity contribution < 1.29 is 0 Å². The molecule has 0 radical (unpaired) electrons. The first kappa shape index (κ1) is 9.68. The molecule has 1 heterocycles. The third-order valence-corrected chi connectivity index (χ3v) is 2.83. The van der Waals surface area contributed by atoms with Gasteiger partial charge >= 0.3 is 0 Å². The summed E-state index contributed by atoms with van der Waals surface area (Å²) in [5.41, 5.74) is 7.09. The van der Waals surface area contributed by atoms with Gasteiger partial charge in [-0.25, -0.2) is 0 Å². The van der Waals surface area contributed by atoms with Gasteiger partial charge in [0.15, 0.2) is 0 Å². The van der Waals surface area contributed by atoms with Crippen LogP contribution < -0.4 is 11.1 Å². The molecule has 0 bridgehead atoms. The first-order valence-corrected chi connectivity index (χ1v) is 5.20. The lowest BCUT2D eigenvalue weighted by atomic mass is 10.2. The molecule has 4 nitrogen and oxygen atoms in total. The van der Waals surface area contributed by atoms with Gasteiger partial charge in [0.25, 0.3) is 0 Å². The van der Waals surface area contributed by atoms with Crippen LogP contribution in [0, 0.1) is 0 Å². The Morgan fingerprint density at radius 2 is 2.50 bits per heavy atom. The van der Waals surface area contributed by atoms with Gasteiger partial charge in [-0.1, -0.05) is 0 Å². The lowest BCUT2D eigenvalue weighted by molar-refractivity contribution is 0.516. The van der Waals surface area contributed by atoms with Crippen LogP contribution in [-0.4, -0.2) is 21.9 Å². The van der Waals surface area contributed by atoms with Crippen LogP contribution in [0.25, 0.3) is 0 Å². The Hall–Kier alpha value is -0.870. The summed E-state index contributed by atoms with van der Waals surface area (Å²) in [6, 6.07) is 1.01. The average Bonchev–Trinajstić information content (AvgIpc) is 2.72. The third-order valence-electron chi connectivity index (χ3n) is 2.83. The van der Waals surface area contributed by atoms with Crippen LogP contribution in [0.15, 0.2) is 12.4 Å². The molecular weight excluding hydrogens is 176 g/mol. The van der Waals surface area contributed by atoms with E-state index in [1.807, 2.05) is 24.1 Å². The molecule has 1 saturated carbocycles. The average molecular weight is 194 g/mol. The van der Waals surface area contributed by atoms with Crippen LogP contribution in [0.3, 0.4) is 0 Å². The molecular formula is C10H18N4. The first-order valence-electron chi connectivity index (χ1n) is 5.20. The predicted molar refractivity (Wildman–Crippen MR) is 55.7 cm³/mol. The van der Waals surface area contributed by atoms with E-state index in [9.17, 15) is 0 Å². The number of hydrogen-bond donors (Lipinski definition) is 2. The van der Waals surface area contributed by atoms with Crippen molar-refractivity contribution in [2.45, 2.75) is 37.9 Å². The highest BCUT2D eigenvalue weighted by molar-refractivity contribution is 5.03. The topological polar surface area (TPSA) is 55.9 Å². The van der Waals surface area contributed by atoms with E-state index in [1.165, 1.54) is 12.0 Å². The van der Waals surface area contributed by atoms with Gasteiger partial charge in [0, 0.05) is 37.4 Å². The lowest BCUT2D eigenvalue weighted by Crippen LogP contribution is -2.27. The summed E-state index contributed by atoms with van der Waals surface area (Å²) in [7, 11) is 1.94. The minimum absolute atomic E-state index is 0.404. The quantitative estimate of drug-likeness (QED) is 0.732. The Morgan fingerprint density at radius 1 is 1.64 bits per heavy atom. The van der Waals surface area contributed by atoms with Gasteiger partial charge in [0.2, 0.25) is 0 Å². The molecule has 4 heteroatoms. The van der Waals surface area contributed by atoms with Crippen LogP contribution in [-0.2, 0) is 13.6 Å². The van der Waals surface area contributed by atoms with E-state index in [0.717, 1.165) is 19.4 Å². The highest BCUT2D eigenvalue weighted by Crippen LogP contribution is 2.17. The fourth-order valence-corrected chi connectivity index (χ4v) is 2.03. The van der Waals surface area contributed by atoms with Gasteiger partial charge in [-0.05, 0) is 19.3 Å². The minimum atomic E-state index is 0.404. The van der Waals surface area contributed by atoms with Crippen molar-refractivity contribution >= 4 is 0 Å². The lowest BCUT2D eigenvalue weighted by Gasteiger charge is -2.10. The smallest absolute Gasteiger partial charge is 0.0534 e. The van der Waals surface area contributed by atoms with Gasteiger partial charge < -0.3 is 11.1 Å². The Labute approximate surface area is 84.5 Å². The number of aromatic nitrogens is 2. The molecule has 3 N–H and O–H groups in total. The monoisotopic (exact) mass is 194 g/mol. The molecule has 2 atom stereocenters. The van der Waals surface area contributed by atoms with Crippen molar-refractivity contribution in [2.24, 2.45) is 12.8 Å². The molecule has 0 spiro atoms. The molecule has 1 aliphatic carbocycles. The van der Waals surface area contributed by atoms with Gasteiger partial charge in [0.1, 0.15) is 0 Å². The van der Waals surface area contributed by atoms with Crippen molar-refractivity contribution in [3.63, 3.8) is 0 Å². The zero-order chi connectivity index (χ0) is 9.97. The van der Waals surface area contributed by atoms with Crippen molar-refractivity contribution in [1.82, 2.24) is 15.1 Å². The van der Waals surface area contributed by atoms with E-state index in [2.05, 4.69) is 10.4 Å². The van der Waals surface area contributed by atoms with Gasteiger partial charge in [-0.2, -0.15) is 5.10 Å². The van der Waals surface area contributed by atoms with Gasteiger partial charge in [-0.15, -0.1) is 0 Å². The summed E-state index contributed by atoms with van der Waals surface area (Å²) in [5, 5.41) is 7.64. The summed E-state index contributed by atoms with van der Waals surface area (Å²) in [5.74, 6) is 0. The Kier molecular flexibility index (Phi) is 2.84. The minimum Gasteiger partial charge on any atom is -0.328 e. The van der Waals surface area contributed by atoms with Gasteiger partial charge in [-0.3, -0.25) is 4.68 Å². The maximum atomic E-state index is 5.84. The van der Waals surface area contributed by atoms with Crippen molar-refractivity contribution in [2.75, 3.05) is 0 Å². The first-order chi connectivity index (χ1) is 6.74. The highest BCUT2D eigenvalue weighted by atomic mass is 15.2. The molecule has 0 saturated heterocycles.